The topological polar surface area (TPSA) is 125 Å². The molecule has 4 rings (SSSR count). The Morgan fingerprint density at radius 2 is 2.03 bits per heavy atom. The first kappa shape index (κ1) is 24.3. The molecule has 1 aromatic carbocycles. The van der Waals surface area contributed by atoms with Gasteiger partial charge in [-0.2, -0.15) is 13.5 Å². The van der Waals surface area contributed by atoms with Gasteiger partial charge in [0.1, 0.15) is 0 Å². The molecule has 1 fully saturated rings. The van der Waals surface area contributed by atoms with Crippen LogP contribution in [0, 0.1) is 0 Å². The lowest BCUT2D eigenvalue weighted by atomic mass is 9.97. The van der Waals surface area contributed by atoms with Crippen LogP contribution in [-0.2, 0) is 21.9 Å². The van der Waals surface area contributed by atoms with E-state index in [0.717, 1.165) is 16.8 Å². The third-order valence-electron chi connectivity index (χ3n) is 6.00. The van der Waals surface area contributed by atoms with Crippen molar-refractivity contribution in [1.29, 1.82) is 0 Å². The number of hydrogen-bond donors (Lipinski definition) is 3. The number of anilines is 1. The molecule has 9 nitrogen and oxygen atoms in total. The number of urea groups is 1. The molecule has 1 saturated heterocycles. The highest BCUT2D eigenvalue weighted by molar-refractivity contribution is 7.91. The zero-order valence-electron chi connectivity index (χ0n) is 18.1. The number of carbonyl (C=O) groups excluding carboxylic acids is 1. The Bertz CT molecular complexity index is 1080. The number of aromatic nitrogens is 2. The summed E-state index contributed by atoms with van der Waals surface area (Å²) in [5.74, 6) is 0.621. The predicted octanol–water partition coefficient (Wildman–Crippen LogP) is 1.68. The van der Waals surface area contributed by atoms with Crippen molar-refractivity contribution < 1.29 is 18.3 Å². The Morgan fingerprint density at radius 3 is 2.66 bits per heavy atom. The Balaban J connectivity index is 0.00000289. The number of amides is 2. The molecule has 32 heavy (non-hydrogen) atoms. The van der Waals surface area contributed by atoms with Crippen molar-refractivity contribution in [3.05, 3.63) is 53.3 Å². The molecule has 2 amide bonds. The van der Waals surface area contributed by atoms with Crippen molar-refractivity contribution in [2.24, 2.45) is 0 Å². The quantitative estimate of drug-likeness (QED) is 0.596. The van der Waals surface area contributed by atoms with Crippen molar-refractivity contribution in [2.75, 3.05) is 23.4 Å². The average molecular weight is 480 g/mol. The fourth-order valence-corrected chi connectivity index (χ4v) is 5.85. The highest BCUT2D eigenvalue weighted by Crippen LogP contribution is 2.38. The SMILES string of the molecule is CC1(C)c2cnc(NC3CCS(=O)(=O)C3)nc2CN1C(=O)N[C@H](CO)c1ccccc1.S. The first-order valence-corrected chi connectivity index (χ1v) is 12.1. The molecule has 1 aromatic heterocycles. The van der Waals surface area contributed by atoms with Gasteiger partial charge in [0.15, 0.2) is 9.84 Å². The maximum Gasteiger partial charge on any atom is 0.319 e. The molecule has 0 bridgehead atoms. The van der Waals surface area contributed by atoms with Gasteiger partial charge in [-0.3, -0.25) is 0 Å². The summed E-state index contributed by atoms with van der Waals surface area (Å²) in [4.78, 5) is 23.7. The Hall–Kier alpha value is -2.37. The molecule has 3 heterocycles. The van der Waals surface area contributed by atoms with Crippen LogP contribution in [0.4, 0.5) is 10.7 Å². The lowest BCUT2D eigenvalue weighted by Gasteiger charge is -2.33. The Morgan fingerprint density at radius 1 is 1.31 bits per heavy atom. The van der Waals surface area contributed by atoms with Crippen LogP contribution in [0.1, 0.15) is 43.1 Å². The minimum Gasteiger partial charge on any atom is -0.394 e. The van der Waals surface area contributed by atoms with Crippen LogP contribution in [0.5, 0.6) is 0 Å². The maximum atomic E-state index is 13.1. The Kier molecular flexibility index (Phi) is 7.01. The van der Waals surface area contributed by atoms with E-state index >= 15 is 0 Å². The summed E-state index contributed by atoms with van der Waals surface area (Å²) in [5.41, 5.74) is 1.75. The second kappa shape index (κ2) is 9.24. The number of nitrogens with one attached hydrogen (secondary N) is 2. The fraction of sp³-hybridized carbons (Fsp3) is 0.476. The van der Waals surface area contributed by atoms with Gasteiger partial charge in [-0.25, -0.2) is 23.2 Å². The molecule has 174 valence electrons. The predicted molar refractivity (Wildman–Crippen MR) is 126 cm³/mol. The molecule has 2 aliphatic heterocycles. The summed E-state index contributed by atoms with van der Waals surface area (Å²) in [6.07, 6.45) is 2.23. The lowest BCUT2D eigenvalue weighted by molar-refractivity contribution is 0.136. The first-order chi connectivity index (χ1) is 14.7. The van der Waals surface area contributed by atoms with E-state index in [1.165, 1.54) is 0 Å². The summed E-state index contributed by atoms with van der Waals surface area (Å²) in [7, 11) is -3.00. The van der Waals surface area contributed by atoms with Gasteiger partial charge >= 0.3 is 6.03 Å². The van der Waals surface area contributed by atoms with Crippen molar-refractivity contribution in [3.8, 4) is 0 Å². The van der Waals surface area contributed by atoms with E-state index in [4.69, 9.17) is 0 Å². The highest BCUT2D eigenvalue weighted by Gasteiger charge is 2.42. The molecule has 1 unspecified atom stereocenters. The Labute approximate surface area is 195 Å². The molecule has 11 heteroatoms. The molecule has 0 spiro atoms. The van der Waals surface area contributed by atoms with E-state index in [9.17, 15) is 18.3 Å². The summed E-state index contributed by atoms with van der Waals surface area (Å²) in [5, 5.41) is 15.8. The van der Waals surface area contributed by atoms with E-state index in [0.29, 0.717) is 18.9 Å². The minimum atomic E-state index is -3.00. The number of nitrogens with zero attached hydrogens (tertiary/aromatic N) is 3. The number of carbonyl (C=O) groups is 1. The standard InChI is InChI=1S/C21H27N5O4S.H2S/c1-21(2)16-10-22-19(23-15-8-9-31(29,30)13-15)24-17(16)11-26(21)20(28)25-18(12-27)14-6-4-3-5-7-14;/h3-7,10,15,18,27H,8-9,11-13H2,1-2H3,(H,25,28)(H,22,23,24);1H2/t15?,18-;/m1./s1. The van der Waals surface area contributed by atoms with Crippen molar-refractivity contribution >= 4 is 35.3 Å². The van der Waals surface area contributed by atoms with E-state index < -0.39 is 21.4 Å². The normalized spacial score (nSPS) is 21.3. The summed E-state index contributed by atoms with van der Waals surface area (Å²) in [6, 6.07) is 8.30. The molecule has 3 N–H and O–H groups in total. The van der Waals surface area contributed by atoms with Crippen LogP contribution in [0.2, 0.25) is 0 Å². The number of sulfone groups is 1. The summed E-state index contributed by atoms with van der Waals surface area (Å²) >= 11 is 0. The van der Waals surface area contributed by atoms with Crippen LogP contribution >= 0.6 is 13.5 Å². The zero-order chi connectivity index (χ0) is 22.2. The van der Waals surface area contributed by atoms with Gasteiger partial charge in [0.25, 0.3) is 0 Å². The number of fused-ring (bicyclic) bond motifs is 1. The molecule has 2 aliphatic rings. The summed E-state index contributed by atoms with van der Waals surface area (Å²) < 4.78 is 23.4. The van der Waals surface area contributed by atoms with E-state index in [1.807, 2.05) is 44.2 Å². The highest BCUT2D eigenvalue weighted by atomic mass is 32.2. The molecule has 0 aliphatic carbocycles. The number of aliphatic hydroxyl groups excluding tert-OH is 1. The fourth-order valence-electron chi connectivity index (χ4n) is 4.17. The summed E-state index contributed by atoms with van der Waals surface area (Å²) in [6.45, 7) is 3.93. The molecular weight excluding hydrogens is 450 g/mol. The van der Waals surface area contributed by atoms with Crippen LogP contribution in [-0.4, -0.2) is 58.6 Å². The van der Waals surface area contributed by atoms with Gasteiger partial charge in [0.2, 0.25) is 5.95 Å². The molecule has 0 radical (unpaired) electrons. The first-order valence-electron chi connectivity index (χ1n) is 10.3. The van der Waals surface area contributed by atoms with Gasteiger partial charge in [-0.1, -0.05) is 30.3 Å². The third kappa shape index (κ3) is 4.84. The van der Waals surface area contributed by atoms with Gasteiger partial charge in [0, 0.05) is 17.8 Å². The van der Waals surface area contributed by atoms with Crippen molar-refractivity contribution in [1.82, 2.24) is 20.2 Å². The van der Waals surface area contributed by atoms with Crippen LogP contribution in [0.3, 0.4) is 0 Å². The van der Waals surface area contributed by atoms with E-state index in [-0.39, 0.29) is 43.7 Å². The number of hydrogen-bond acceptors (Lipinski definition) is 7. The molecular formula is C21H29N5O4S2. The molecule has 0 saturated carbocycles. The van der Waals surface area contributed by atoms with Crippen molar-refractivity contribution in [2.45, 2.75) is 44.4 Å². The monoisotopic (exact) mass is 479 g/mol. The average Bonchev–Trinajstić information content (AvgIpc) is 3.21. The van der Waals surface area contributed by atoms with Gasteiger partial charge in [0.05, 0.1) is 41.9 Å². The number of aliphatic hydroxyl groups is 1. The second-order valence-corrected chi connectivity index (χ2v) is 10.8. The van der Waals surface area contributed by atoms with Gasteiger partial charge in [-0.05, 0) is 25.8 Å². The van der Waals surface area contributed by atoms with Gasteiger partial charge < -0.3 is 20.6 Å². The van der Waals surface area contributed by atoms with Crippen LogP contribution < -0.4 is 10.6 Å². The number of benzene rings is 1. The van der Waals surface area contributed by atoms with E-state index in [1.54, 1.807) is 11.1 Å². The maximum absolute atomic E-state index is 13.1. The second-order valence-electron chi connectivity index (χ2n) is 8.54. The smallest absolute Gasteiger partial charge is 0.319 e. The number of rotatable bonds is 5. The molecule has 2 aromatic rings. The largest absolute Gasteiger partial charge is 0.394 e. The zero-order valence-corrected chi connectivity index (χ0v) is 19.9. The lowest BCUT2D eigenvalue weighted by Crippen LogP contribution is -2.47. The minimum absolute atomic E-state index is 0. The van der Waals surface area contributed by atoms with E-state index in [2.05, 4.69) is 20.6 Å². The van der Waals surface area contributed by atoms with Crippen LogP contribution in [0.15, 0.2) is 36.5 Å². The van der Waals surface area contributed by atoms with Gasteiger partial charge in [-0.15, -0.1) is 0 Å². The van der Waals surface area contributed by atoms with Crippen molar-refractivity contribution in [3.63, 3.8) is 0 Å². The van der Waals surface area contributed by atoms with Crippen LogP contribution in [0.25, 0.3) is 0 Å². The molecule has 2 atom stereocenters. The third-order valence-corrected chi connectivity index (χ3v) is 7.77.